The highest BCUT2D eigenvalue weighted by Gasteiger charge is 2.48. The first-order chi connectivity index (χ1) is 37.1. The van der Waals surface area contributed by atoms with Crippen LogP contribution in [0.1, 0.15) is 60.4 Å². The summed E-state index contributed by atoms with van der Waals surface area (Å²) in [6.45, 7) is 0.568. The number of carbonyl (C=O) groups excluding carboxylic acids is 5. The molecule has 0 bridgehead atoms. The number of carboxylic acids is 1. The summed E-state index contributed by atoms with van der Waals surface area (Å²) in [7, 11) is 1.81. The molecule has 1 unspecified atom stereocenters. The third kappa shape index (κ3) is 11.1. The summed E-state index contributed by atoms with van der Waals surface area (Å²) < 4.78 is 83.9. The number of hydrogen-bond donors (Lipinski definition) is 3. The largest absolute Gasteiger partial charge is 0.477 e. The maximum absolute atomic E-state index is 14.6. The number of carboxylic acid groups (broad SMARTS) is 1. The number of likely N-dealkylation sites (N-methyl/N-ethyl adjacent to an activating group) is 1. The van der Waals surface area contributed by atoms with Crippen molar-refractivity contribution in [3.8, 4) is 12.1 Å². The fraction of sp³-hybridized carbons (Fsp3) is 0.382. The van der Waals surface area contributed by atoms with Crippen molar-refractivity contribution in [2.24, 2.45) is 11.8 Å². The molecular weight excluding hydrogens is 1030 g/mol. The number of aliphatic carboxylic acids is 1. The summed E-state index contributed by atoms with van der Waals surface area (Å²) in [5.74, 6) is -3.19. The molecule has 0 saturated carbocycles. The molecule has 3 aromatic carbocycles. The number of allylic oxidation sites excluding steroid dienone is 3. The van der Waals surface area contributed by atoms with E-state index < -0.39 is 77.2 Å². The second-order valence-electron chi connectivity index (χ2n) is 20.4. The average molecular weight is 1080 g/mol. The van der Waals surface area contributed by atoms with E-state index in [9.17, 15) is 70.7 Å². The van der Waals surface area contributed by atoms with Crippen LogP contribution in [0.5, 0.6) is 0 Å². The molecule has 0 spiro atoms. The van der Waals surface area contributed by atoms with Gasteiger partial charge in [-0.05, 0) is 79.4 Å². The standard InChI is InChI=1S/C55H52F6N10O7/c1-71(32-44(72)73)24-18-37(19-25-71)49(74)66(20-4-22-67-30-42-45(50(67)75)47(35-14-10-33(28-62)11-15-35)64-52(77)69(42)40-8-2-6-38(26-40)54(56,57)58)21-5-23-68-31-43-46(51(68)76)48(36-16-12-34(29-63)13-17-36)65-53(78)70(43)41-9-3-7-39(27-41)55(59,60)61/h2-3,6-16,26-27,36-37,47-48H,4-5,17-25,30-32H2,1H3,(H2-,64,65,72,73,77,78)/p+1/t36?,37?,47-,48-,71?/m1/s1. The molecule has 1 fully saturated rings. The Hall–Kier alpha value is -8.44. The van der Waals surface area contributed by atoms with Gasteiger partial charge in [0, 0.05) is 56.4 Å². The summed E-state index contributed by atoms with van der Waals surface area (Å²) in [5, 5.41) is 34.1. The summed E-state index contributed by atoms with van der Waals surface area (Å²) in [6.07, 6.45) is -3.12. The van der Waals surface area contributed by atoms with Crippen LogP contribution in [0.2, 0.25) is 0 Å². The van der Waals surface area contributed by atoms with Crippen molar-refractivity contribution in [1.29, 1.82) is 10.5 Å². The van der Waals surface area contributed by atoms with Crippen molar-refractivity contribution >= 4 is 47.1 Å². The molecule has 6 aliphatic rings. The number of likely N-dealkylation sites (tertiary alicyclic amines) is 1. The summed E-state index contributed by atoms with van der Waals surface area (Å²) in [5.41, 5.74) is -0.494. The molecule has 78 heavy (non-hydrogen) atoms. The van der Waals surface area contributed by atoms with Crippen molar-refractivity contribution in [3.63, 3.8) is 0 Å². The maximum atomic E-state index is 14.6. The normalized spacial score (nSPS) is 23.4. The molecular formula is C55H53F6N10O7+. The highest BCUT2D eigenvalue weighted by Crippen LogP contribution is 2.42. The number of hydrogen-bond acceptors (Lipinski definition) is 8. The van der Waals surface area contributed by atoms with E-state index in [4.69, 9.17) is 0 Å². The quantitative estimate of drug-likeness (QED) is 0.103. The van der Waals surface area contributed by atoms with Crippen LogP contribution >= 0.6 is 0 Å². The van der Waals surface area contributed by atoms with Gasteiger partial charge in [-0.15, -0.1) is 0 Å². The third-order valence-electron chi connectivity index (χ3n) is 15.3. The zero-order valence-electron chi connectivity index (χ0n) is 42.1. The van der Waals surface area contributed by atoms with E-state index >= 15 is 0 Å². The van der Waals surface area contributed by atoms with E-state index in [2.05, 4.69) is 16.7 Å². The van der Waals surface area contributed by atoms with Crippen LogP contribution in [0, 0.1) is 34.5 Å². The minimum atomic E-state index is -4.74. The van der Waals surface area contributed by atoms with Crippen LogP contribution < -0.4 is 20.4 Å². The number of carbonyl (C=O) groups is 6. The first-order valence-corrected chi connectivity index (χ1v) is 25.3. The Kier molecular flexibility index (Phi) is 15.0. The molecule has 7 amide bonds. The lowest BCUT2D eigenvalue weighted by Gasteiger charge is -2.40. The maximum Gasteiger partial charge on any atom is 0.416 e. The molecule has 1 saturated heterocycles. The first kappa shape index (κ1) is 54.4. The predicted octanol–water partition coefficient (Wildman–Crippen LogP) is 7.23. The number of nitrogens with zero attached hydrogens (tertiary/aromatic N) is 8. The molecule has 406 valence electrons. The number of quaternary nitrogens is 1. The number of amides is 7. The predicted molar refractivity (Wildman–Crippen MR) is 268 cm³/mol. The molecule has 17 nitrogen and oxygen atoms in total. The molecule has 0 radical (unpaired) electrons. The van der Waals surface area contributed by atoms with E-state index in [1.807, 2.05) is 13.1 Å². The number of piperidine rings is 1. The molecule has 3 aromatic rings. The fourth-order valence-corrected chi connectivity index (χ4v) is 11.3. The molecule has 9 rings (SSSR count). The first-order valence-electron chi connectivity index (χ1n) is 25.3. The fourth-order valence-electron chi connectivity index (χ4n) is 11.3. The van der Waals surface area contributed by atoms with E-state index in [0.717, 1.165) is 40.1 Å². The minimum absolute atomic E-state index is 0.0221. The van der Waals surface area contributed by atoms with Crippen molar-refractivity contribution in [3.05, 3.63) is 141 Å². The van der Waals surface area contributed by atoms with Gasteiger partial charge in [0.25, 0.3) is 11.8 Å². The van der Waals surface area contributed by atoms with Gasteiger partial charge in [0.2, 0.25) is 5.91 Å². The number of urea groups is 2. The summed E-state index contributed by atoms with van der Waals surface area (Å²) in [4.78, 5) is 90.0. The minimum Gasteiger partial charge on any atom is -0.477 e. The number of nitrogens with one attached hydrogen (secondary N) is 2. The van der Waals surface area contributed by atoms with E-state index in [-0.39, 0.29) is 109 Å². The lowest BCUT2D eigenvalue weighted by Crippen LogP contribution is -2.54. The third-order valence-corrected chi connectivity index (χ3v) is 15.3. The molecule has 23 heteroatoms. The van der Waals surface area contributed by atoms with Crippen LogP contribution in [0.3, 0.4) is 0 Å². The van der Waals surface area contributed by atoms with Gasteiger partial charge < -0.3 is 34.9 Å². The Morgan fingerprint density at radius 1 is 0.756 bits per heavy atom. The Morgan fingerprint density at radius 3 is 1.79 bits per heavy atom. The van der Waals surface area contributed by atoms with E-state index in [1.165, 1.54) is 40.1 Å². The summed E-state index contributed by atoms with van der Waals surface area (Å²) in [6, 6.07) is 15.1. The Morgan fingerprint density at radius 2 is 1.29 bits per heavy atom. The zero-order valence-corrected chi connectivity index (χ0v) is 42.1. The second-order valence-corrected chi connectivity index (χ2v) is 20.4. The number of benzene rings is 3. The van der Waals surface area contributed by atoms with Gasteiger partial charge in [-0.25, -0.2) is 14.4 Å². The Labute approximate surface area is 444 Å². The molecule has 3 N–H and O–H groups in total. The highest BCUT2D eigenvalue weighted by molar-refractivity contribution is 6.08. The topological polar surface area (TPSA) is 210 Å². The Balaban J connectivity index is 0.947. The van der Waals surface area contributed by atoms with Crippen LogP contribution in [0.4, 0.5) is 47.3 Å². The van der Waals surface area contributed by atoms with Gasteiger partial charge in [0.05, 0.1) is 108 Å². The molecule has 1 aliphatic carbocycles. The molecule has 0 aromatic heterocycles. The van der Waals surface area contributed by atoms with Crippen molar-refractivity contribution in [1.82, 2.24) is 25.3 Å². The lowest BCUT2D eigenvalue weighted by molar-refractivity contribution is -0.907. The van der Waals surface area contributed by atoms with Crippen LogP contribution in [0.15, 0.2) is 119 Å². The highest BCUT2D eigenvalue weighted by atomic mass is 19.4. The van der Waals surface area contributed by atoms with E-state index in [0.29, 0.717) is 42.6 Å². The van der Waals surface area contributed by atoms with Gasteiger partial charge in [-0.2, -0.15) is 36.9 Å². The van der Waals surface area contributed by atoms with Gasteiger partial charge in [0.1, 0.15) is 0 Å². The summed E-state index contributed by atoms with van der Waals surface area (Å²) >= 11 is 0. The molecule has 5 aliphatic heterocycles. The van der Waals surface area contributed by atoms with Crippen LogP contribution in [-0.2, 0) is 31.5 Å². The second kappa shape index (κ2) is 21.5. The van der Waals surface area contributed by atoms with Crippen molar-refractivity contribution < 1.29 is 64.7 Å². The smallest absolute Gasteiger partial charge is 0.416 e. The van der Waals surface area contributed by atoms with Gasteiger partial charge in [0.15, 0.2) is 6.54 Å². The SMILES string of the molecule is C[N+]1(CC(=O)O)CCC(C(=O)N(CCCN2CC3=C(C2=O)[C@@H](c2ccc(C#N)cc2)NC(=O)N3c2cccc(C(F)(F)F)c2)CCCN2CC3=C(C2=O)[C@@H](C2C=CC(C#N)=CC2)NC(=O)N3c2cccc(C(F)(F)F)c2)CC1. The number of nitriles is 2. The van der Waals surface area contributed by atoms with Crippen LogP contribution in [-0.4, -0.2) is 132 Å². The number of halogens is 6. The van der Waals surface area contributed by atoms with E-state index in [1.54, 1.807) is 35.3 Å². The van der Waals surface area contributed by atoms with Gasteiger partial charge in [-0.3, -0.25) is 24.2 Å². The molecule has 3 atom stereocenters. The van der Waals surface area contributed by atoms with Gasteiger partial charge in [-0.1, -0.05) is 36.4 Å². The van der Waals surface area contributed by atoms with Crippen molar-refractivity contribution in [2.45, 2.75) is 56.5 Å². The number of anilines is 2. The zero-order chi connectivity index (χ0) is 55.8. The van der Waals surface area contributed by atoms with Crippen LogP contribution in [0.25, 0.3) is 0 Å². The lowest BCUT2D eigenvalue weighted by atomic mass is 9.84. The Bertz CT molecular complexity index is 3170. The monoisotopic (exact) mass is 1080 g/mol. The van der Waals surface area contributed by atoms with Crippen molar-refractivity contribution in [2.75, 3.05) is 75.8 Å². The number of rotatable bonds is 15. The molecule has 5 heterocycles. The van der Waals surface area contributed by atoms with Gasteiger partial charge >= 0.3 is 30.4 Å². The average Bonchev–Trinajstić information content (AvgIpc) is 4.01. The number of alkyl halides is 6.